The minimum absolute atomic E-state index is 0.390. The first-order chi connectivity index (χ1) is 12.4. The number of hydrogen-bond donors (Lipinski definition) is 0. The minimum atomic E-state index is 0.390. The van der Waals surface area contributed by atoms with E-state index in [1.165, 1.54) is 6.42 Å². The van der Waals surface area contributed by atoms with Crippen molar-refractivity contribution in [2.45, 2.75) is 31.7 Å². The Morgan fingerprint density at radius 3 is 2.68 bits per heavy atom. The van der Waals surface area contributed by atoms with E-state index < -0.39 is 0 Å². The van der Waals surface area contributed by atoms with Crippen molar-refractivity contribution < 1.29 is 4.63 Å². The van der Waals surface area contributed by atoms with Gasteiger partial charge in [0.2, 0.25) is 0 Å². The summed E-state index contributed by atoms with van der Waals surface area (Å²) >= 11 is 0. The van der Waals surface area contributed by atoms with Gasteiger partial charge in [-0.3, -0.25) is 4.90 Å². The van der Waals surface area contributed by atoms with Crippen LogP contribution in [0.5, 0.6) is 0 Å². The first-order valence-corrected chi connectivity index (χ1v) is 8.83. The lowest BCUT2D eigenvalue weighted by Crippen LogP contribution is -2.38. The molecule has 0 radical (unpaired) electrons. The van der Waals surface area contributed by atoms with Crippen LogP contribution in [0.1, 0.15) is 36.7 Å². The fourth-order valence-corrected chi connectivity index (χ4v) is 3.60. The maximum atomic E-state index is 4.79. The van der Waals surface area contributed by atoms with Crippen molar-refractivity contribution >= 4 is 11.5 Å². The molecule has 3 aromatic heterocycles. The zero-order valence-electron chi connectivity index (χ0n) is 14.0. The third-order valence-corrected chi connectivity index (χ3v) is 5.20. The predicted octanol–water partition coefficient (Wildman–Crippen LogP) is 1.10. The van der Waals surface area contributed by atoms with E-state index in [-0.39, 0.29) is 0 Å². The van der Waals surface area contributed by atoms with Gasteiger partial charge < -0.3 is 4.90 Å². The summed E-state index contributed by atoms with van der Waals surface area (Å²) in [5.41, 5.74) is 1.71. The number of likely N-dealkylation sites (tertiary alicyclic amines) is 1. The van der Waals surface area contributed by atoms with Crippen LogP contribution in [0.25, 0.3) is 5.65 Å². The molecule has 0 saturated carbocycles. The van der Waals surface area contributed by atoms with Crippen molar-refractivity contribution in [3.63, 3.8) is 0 Å². The Hall–Kier alpha value is -2.55. The second-order valence-corrected chi connectivity index (χ2v) is 6.81. The molecule has 0 aliphatic carbocycles. The van der Waals surface area contributed by atoms with Crippen LogP contribution in [0.2, 0.25) is 0 Å². The Morgan fingerprint density at radius 1 is 1.08 bits per heavy atom. The zero-order chi connectivity index (χ0) is 16.6. The maximum Gasteiger partial charge on any atom is 0.178 e. The Morgan fingerprint density at radius 2 is 1.96 bits per heavy atom. The van der Waals surface area contributed by atoms with Crippen LogP contribution in [0.4, 0.5) is 5.82 Å². The summed E-state index contributed by atoms with van der Waals surface area (Å²) < 4.78 is 6.61. The van der Waals surface area contributed by atoms with Gasteiger partial charge in [0, 0.05) is 25.6 Å². The second-order valence-electron chi connectivity index (χ2n) is 6.81. The van der Waals surface area contributed by atoms with Crippen LogP contribution in [0, 0.1) is 0 Å². The summed E-state index contributed by atoms with van der Waals surface area (Å²) in [6.07, 6.45) is 5.01. The molecule has 0 unspecified atom stereocenters. The molecule has 130 valence electrons. The van der Waals surface area contributed by atoms with Crippen LogP contribution in [-0.4, -0.2) is 61.2 Å². The molecule has 5 rings (SSSR count). The van der Waals surface area contributed by atoms with Crippen LogP contribution in [0.3, 0.4) is 0 Å². The number of nitrogens with zero attached hydrogens (tertiary/aromatic N) is 8. The van der Waals surface area contributed by atoms with Gasteiger partial charge in [-0.2, -0.15) is 4.52 Å². The van der Waals surface area contributed by atoms with Gasteiger partial charge in [0.05, 0.1) is 6.20 Å². The van der Waals surface area contributed by atoms with Crippen molar-refractivity contribution in [3.8, 4) is 0 Å². The van der Waals surface area contributed by atoms with Crippen LogP contribution < -0.4 is 4.90 Å². The molecule has 0 aromatic carbocycles. The van der Waals surface area contributed by atoms with E-state index in [0.29, 0.717) is 5.92 Å². The number of rotatable bonds is 4. The molecule has 0 bridgehead atoms. The average molecular weight is 340 g/mol. The van der Waals surface area contributed by atoms with E-state index in [9.17, 15) is 0 Å². The molecule has 9 nitrogen and oxygen atoms in total. The first-order valence-electron chi connectivity index (χ1n) is 8.83. The average Bonchev–Trinajstić information content (AvgIpc) is 3.23. The van der Waals surface area contributed by atoms with Crippen molar-refractivity contribution in [2.24, 2.45) is 0 Å². The lowest BCUT2D eigenvalue weighted by atomic mass is 9.96. The largest absolute Gasteiger partial charge is 0.355 e. The summed E-state index contributed by atoms with van der Waals surface area (Å²) in [4.78, 5) is 4.66. The van der Waals surface area contributed by atoms with E-state index in [1.807, 2.05) is 16.6 Å². The highest BCUT2D eigenvalue weighted by atomic mass is 16.6. The molecule has 2 fully saturated rings. The van der Waals surface area contributed by atoms with Gasteiger partial charge in [-0.15, -0.1) is 15.3 Å². The number of fused-ring (bicyclic) bond motifs is 1. The van der Waals surface area contributed by atoms with Gasteiger partial charge in [-0.25, -0.2) is 4.63 Å². The van der Waals surface area contributed by atoms with E-state index in [0.717, 1.165) is 68.5 Å². The quantitative estimate of drug-likeness (QED) is 0.697. The molecule has 9 heteroatoms. The third-order valence-electron chi connectivity index (χ3n) is 5.20. The van der Waals surface area contributed by atoms with Gasteiger partial charge in [0.15, 0.2) is 11.5 Å². The lowest BCUT2D eigenvalue weighted by Gasteiger charge is -2.32. The molecule has 25 heavy (non-hydrogen) atoms. The Balaban J connectivity index is 1.32. The van der Waals surface area contributed by atoms with Crippen molar-refractivity contribution in [2.75, 3.05) is 31.1 Å². The number of anilines is 1. The van der Waals surface area contributed by atoms with Gasteiger partial charge >= 0.3 is 0 Å². The smallest absolute Gasteiger partial charge is 0.178 e. The van der Waals surface area contributed by atoms with E-state index in [4.69, 9.17) is 5.10 Å². The zero-order valence-corrected chi connectivity index (χ0v) is 14.0. The highest BCUT2D eigenvalue weighted by Crippen LogP contribution is 2.28. The fourth-order valence-electron chi connectivity index (χ4n) is 3.60. The predicted molar refractivity (Wildman–Crippen MR) is 89.2 cm³/mol. The highest BCUT2D eigenvalue weighted by molar-refractivity contribution is 5.47. The van der Waals surface area contributed by atoms with Gasteiger partial charge in [0.1, 0.15) is 11.5 Å². The van der Waals surface area contributed by atoms with Gasteiger partial charge in [-0.1, -0.05) is 10.3 Å². The maximum absolute atomic E-state index is 4.79. The minimum Gasteiger partial charge on any atom is -0.355 e. The topological polar surface area (TPSA) is 88.5 Å². The molecule has 0 amide bonds. The highest BCUT2D eigenvalue weighted by Gasteiger charge is 2.26. The molecule has 2 saturated heterocycles. The number of aromatic nitrogens is 6. The molecular formula is C16H20N8O. The number of piperidine rings is 1. The summed E-state index contributed by atoms with van der Waals surface area (Å²) in [5.74, 6) is 2.40. The molecule has 2 aliphatic rings. The van der Waals surface area contributed by atoms with E-state index in [1.54, 1.807) is 6.20 Å². The van der Waals surface area contributed by atoms with E-state index >= 15 is 0 Å². The SMILES string of the molecule is c1nonc1CN1CCC(c2nnc3ccc(N4CCC4)nn23)CC1. The Bertz CT molecular complexity index is 848. The normalized spacial score (nSPS) is 19.4. The van der Waals surface area contributed by atoms with Crippen molar-refractivity contribution in [1.29, 1.82) is 0 Å². The molecule has 0 atom stereocenters. The molecule has 3 aromatic rings. The second kappa shape index (κ2) is 6.07. The third kappa shape index (κ3) is 2.74. The Kier molecular flexibility index (Phi) is 3.58. The van der Waals surface area contributed by atoms with Crippen molar-refractivity contribution in [1.82, 2.24) is 35.0 Å². The fraction of sp³-hybridized carbons (Fsp3) is 0.562. The Labute approximate surface area is 144 Å². The van der Waals surface area contributed by atoms with Gasteiger partial charge in [-0.05, 0) is 44.5 Å². The summed E-state index contributed by atoms with van der Waals surface area (Å²) in [7, 11) is 0. The summed E-state index contributed by atoms with van der Waals surface area (Å²) in [6.45, 7) is 4.96. The molecular weight excluding hydrogens is 320 g/mol. The lowest BCUT2D eigenvalue weighted by molar-refractivity contribution is 0.194. The van der Waals surface area contributed by atoms with Gasteiger partial charge in [0.25, 0.3) is 0 Å². The molecule has 0 N–H and O–H groups in total. The van der Waals surface area contributed by atoms with Crippen molar-refractivity contribution in [3.05, 3.63) is 29.8 Å². The number of hydrogen-bond acceptors (Lipinski definition) is 8. The molecule has 5 heterocycles. The van der Waals surface area contributed by atoms with Crippen LogP contribution >= 0.6 is 0 Å². The summed E-state index contributed by atoms with van der Waals surface area (Å²) in [5, 5.41) is 21.1. The first kappa shape index (κ1) is 14.8. The van der Waals surface area contributed by atoms with E-state index in [2.05, 4.69) is 34.9 Å². The standard InChI is InChI=1S/C16H20N8O/c1-6-23(7-1)15-3-2-14-18-19-16(24(14)20-15)12-4-8-22(9-5-12)11-13-10-17-25-21-13/h2-3,10,12H,1,4-9,11H2. The monoisotopic (exact) mass is 340 g/mol. The summed E-state index contributed by atoms with van der Waals surface area (Å²) in [6, 6.07) is 4.06. The molecule has 2 aliphatic heterocycles. The molecule has 0 spiro atoms. The van der Waals surface area contributed by atoms with Crippen LogP contribution in [0.15, 0.2) is 23.0 Å². The van der Waals surface area contributed by atoms with Crippen LogP contribution in [-0.2, 0) is 6.54 Å².